The zero-order valence-corrected chi connectivity index (χ0v) is 11.7. The van der Waals surface area contributed by atoms with Crippen LogP contribution in [0.2, 0.25) is 0 Å². The number of hydrogen-bond donors (Lipinski definition) is 1. The summed E-state index contributed by atoms with van der Waals surface area (Å²) in [4.78, 5) is 26.7. The Balaban J connectivity index is 1.86. The minimum absolute atomic E-state index is 0.159. The van der Waals surface area contributed by atoms with Crippen LogP contribution in [0.25, 0.3) is 0 Å². The molecular formula is C14H16N4O3. The van der Waals surface area contributed by atoms with Crippen LogP contribution in [0, 0.1) is 0 Å². The quantitative estimate of drug-likeness (QED) is 0.787. The first-order valence-corrected chi connectivity index (χ1v) is 6.45. The van der Waals surface area contributed by atoms with Crippen LogP contribution in [0.3, 0.4) is 0 Å². The molecule has 0 spiro atoms. The minimum Gasteiger partial charge on any atom is -0.469 e. The van der Waals surface area contributed by atoms with E-state index in [-0.39, 0.29) is 24.8 Å². The van der Waals surface area contributed by atoms with Crippen molar-refractivity contribution in [1.82, 2.24) is 20.1 Å². The lowest BCUT2D eigenvalue weighted by molar-refractivity contribution is -0.140. The van der Waals surface area contributed by atoms with E-state index in [1.807, 2.05) is 12.1 Å². The zero-order valence-electron chi connectivity index (χ0n) is 11.7. The van der Waals surface area contributed by atoms with Crippen molar-refractivity contribution in [3.8, 4) is 0 Å². The molecule has 0 saturated carbocycles. The van der Waals surface area contributed by atoms with Crippen molar-refractivity contribution in [2.75, 3.05) is 13.7 Å². The standard InChI is InChI=1S/C14H16N4O3/c1-21-13(19)6-7-16-14(20)12-4-2-11(3-5-12)8-18-10-15-9-17-18/h2-5,9-10H,6-8H2,1H3,(H,16,20). The first-order valence-electron chi connectivity index (χ1n) is 6.45. The summed E-state index contributed by atoms with van der Waals surface area (Å²) in [6.45, 7) is 0.858. The van der Waals surface area contributed by atoms with Crippen molar-refractivity contribution >= 4 is 11.9 Å². The molecule has 7 heteroatoms. The van der Waals surface area contributed by atoms with Crippen molar-refractivity contribution in [2.24, 2.45) is 0 Å². The average molecular weight is 288 g/mol. The maximum Gasteiger partial charge on any atom is 0.307 e. The van der Waals surface area contributed by atoms with E-state index in [1.165, 1.54) is 13.4 Å². The van der Waals surface area contributed by atoms with Crippen molar-refractivity contribution in [3.63, 3.8) is 0 Å². The van der Waals surface area contributed by atoms with E-state index >= 15 is 0 Å². The van der Waals surface area contributed by atoms with Gasteiger partial charge in [-0.1, -0.05) is 12.1 Å². The summed E-state index contributed by atoms with van der Waals surface area (Å²) in [5.41, 5.74) is 1.56. The summed E-state index contributed by atoms with van der Waals surface area (Å²) in [6, 6.07) is 7.19. The number of nitrogens with one attached hydrogen (secondary N) is 1. The molecule has 0 aliphatic rings. The molecule has 2 aromatic rings. The largest absolute Gasteiger partial charge is 0.469 e. The highest BCUT2D eigenvalue weighted by Gasteiger charge is 2.06. The van der Waals surface area contributed by atoms with E-state index in [9.17, 15) is 9.59 Å². The second kappa shape index (κ2) is 7.18. The Kier molecular flexibility index (Phi) is 5.03. The number of nitrogens with zero attached hydrogens (tertiary/aromatic N) is 3. The fraction of sp³-hybridized carbons (Fsp3) is 0.286. The molecule has 1 heterocycles. The van der Waals surface area contributed by atoms with E-state index in [4.69, 9.17) is 0 Å². The van der Waals surface area contributed by atoms with E-state index in [2.05, 4.69) is 20.1 Å². The molecule has 0 radical (unpaired) electrons. The van der Waals surface area contributed by atoms with Gasteiger partial charge in [0.1, 0.15) is 12.7 Å². The lowest BCUT2D eigenvalue weighted by Crippen LogP contribution is -2.26. The summed E-state index contributed by atoms with van der Waals surface area (Å²) in [5.74, 6) is -0.565. The van der Waals surface area contributed by atoms with Gasteiger partial charge >= 0.3 is 5.97 Å². The molecular weight excluding hydrogens is 272 g/mol. The van der Waals surface area contributed by atoms with Crippen molar-refractivity contribution < 1.29 is 14.3 Å². The highest BCUT2D eigenvalue weighted by Crippen LogP contribution is 2.06. The van der Waals surface area contributed by atoms with Crippen LogP contribution in [-0.4, -0.2) is 40.3 Å². The summed E-state index contributed by atoms with van der Waals surface area (Å²) < 4.78 is 6.20. The maximum absolute atomic E-state index is 11.9. The summed E-state index contributed by atoms with van der Waals surface area (Å²) in [7, 11) is 1.32. The second-order valence-electron chi connectivity index (χ2n) is 4.37. The smallest absolute Gasteiger partial charge is 0.307 e. The molecule has 0 atom stereocenters. The Morgan fingerprint density at radius 2 is 2.05 bits per heavy atom. The average Bonchev–Trinajstić information content (AvgIpc) is 3.00. The van der Waals surface area contributed by atoms with Crippen LogP contribution in [0.15, 0.2) is 36.9 Å². The van der Waals surface area contributed by atoms with Gasteiger partial charge in [-0.2, -0.15) is 5.10 Å². The molecule has 1 aromatic heterocycles. The predicted octanol–water partition coefficient (Wildman–Crippen LogP) is 0.619. The topological polar surface area (TPSA) is 86.1 Å². The molecule has 0 aliphatic heterocycles. The molecule has 2 rings (SSSR count). The number of carbonyl (C=O) groups excluding carboxylic acids is 2. The number of rotatable bonds is 6. The van der Waals surface area contributed by atoms with Gasteiger partial charge in [-0.3, -0.25) is 9.59 Å². The minimum atomic E-state index is -0.349. The Labute approximate surface area is 121 Å². The number of ether oxygens (including phenoxy) is 1. The lowest BCUT2D eigenvalue weighted by Gasteiger charge is -2.06. The molecule has 0 bridgehead atoms. The third-order valence-corrected chi connectivity index (χ3v) is 2.87. The number of methoxy groups -OCH3 is 1. The summed E-state index contributed by atoms with van der Waals surface area (Å²) in [6.07, 6.45) is 3.27. The number of carbonyl (C=O) groups is 2. The molecule has 1 aromatic carbocycles. The fourth-order valence-electron chi connectivity index (χ4n) is 1.75. The molecule has 7 nitrogen and oxygen atoms in total. The lowest BCUT2D eigenvalue weighted by atomic mass is 10.1. The third kappa shape index (κ3) is 4.41. The van der Waals surface area contributed by atoms with Gasteiger partial charge in [-0.25, -0.2) is 9.67 Å². The van der Waals surface area contributed by atoms with Crippen LogP contribution < -0.4 is 5.32 Å². The molecule has 110 valence electrons. The van der Waals surface area contributed by atoms with Crippen molar-refractivity contribution in [2.45, 2.75) is 13.0 Å². The number of benzene rings is 1. The molecule has 1 N–H and O–H groups in total. The molecule has 0 saturated heterocycles. The second-order valence-corrected chi connectivity index (χ2v) is 4.37. The molecule has 0 fully saturated rings. The van der Waals surface area contributed by atoms with Crippen molar-refractivity contribution in [1.29, 1.82) is 0 Å². The Morgan fingerprint density at radius 1 is 1.29 bits per heavy atom. The SMILES string of the molecule is COC(=O)CCNC(=O)c1ccc(Cn2cncn2)cc1. The first kappa shape index (κ1) is 14.7. The number of amides is 1. The number of aromatic nitrogens is 3. The molecule has 0 unspecified atom stereocenters. The summed E-state index contributed by atoms with van der Waals surface area (Å²) >= 11 is 0. The van der Waals surface area contributed by atoms with Crippen molar-refractivity contribution in [3.05, 3.63) is 48.0 Å². The number of hydrogen-bond acceptors (Lipinski definition) is 5. The zero-order chi connectivity index (χ0) is 15.1. The summed E-state index contributed by atoms with van der Waals surface area (Å²) in [5, 5.41) is 6.68. The van der Waals surface area contributed by atoms with Crippen LogP contribution in [-0.2, 0) is 16.1 Å². The van der Waals surface area contributed by atoms with Gasteiger partial charge in [0.2, 0.25) is 0 Å². The van der Waals surface area contributed by atoms with Gasteiger partial charge in [-0.15, -0.1) is 0 Å². The maximum atomic E-state index is 11.9. The monoisotopic (exact) mass is 288 g/mol. The number of esters is 1. The van der Waals surface area contributed by atoms with Gasteiger partial charge < -0.3 is 10.1 Å². The Morgan fingerprint density at radius 3 is 2.67 bits per heavy atom. The van der Waals surface area contributed by atoms with Crippen LogP contribution in [0.1, 0.15) is 22.3 Å². The Bertz CT molecular complexity index is 593. The highest BCUT2D eigenvalue weighted by atomic mass is 16.5. The van der Waals surface area contributed by atoms with Crippen LogP contribution in [0.5, 0.6) is 0 Å². The molecule has 1 amide bonds. The first-order chi connectivity index (χ1) is 10.2. The van der Waals surface area contributed by atoms with Gasteiger partial charge in [0.25, 0.3) is 5.91 Å². The fourth-order valence-corrected chi connectivity index (χ4v) is 1.75. The molecule has 21 heavy (non-hydrogen) atoms. The van der Waals surface area contributed by atoms with Gasteiger partial charge in [0.15, 0.2) is 0 Å². The van der Waals surface area contributed by atoms with E-state index in [0.717, 1.165) is 5.56 Å². The van der Waals surface area contributed by atoms with Gasteiger partial charge in [0.05, 0.1) is 20.1 Å². The van der Waals surface area contributed by atoms with Gasteiger partial charge in [0, 0.05) is 12.1 Å². The highest BCUT2D eigenvalue weighted by molar-refractivity contribution is 5.94. The molecule has 0 aliphatic carbocycles. The Hall–Kier alpha value is -2.70. The van der Waals surface area contributed by atoms with Crippen LogP contribution >= 0.6 is 0 Å². The predicted molar refractivity (Wildman–Crippen MR) is 74.5 cm³/mol. The van der Waals surface area contributed by atoms with E-state index < -0.39 is 0 Å². The van der Waals surface area contributed by atoms with Crippen LogP contribution in [0.4, 0.5) is 0 Å². The van der Waals surface area contributed by atoms with E-state index in [1.54, 1.807) is 23.1 Å². The third-order valence-electron chi connectivity index (χ3n) is 2.87. The van der Waals surface area contributed by atoms with Gasteiger partial charge in [-0.05, 0) is 17.7 Å². The normalized spacial score (nSPS) is 10.1. The van der Waals surface area contributed by atoms with E-state index in [0.29, 0.717) is 12.1 Å².